The van der Waals surface area contributed by atoms with Gasteiger partial charge in [0.05, 0.1) is 44.4 Å². The molecule has 0 aliphatic carbocycles. The lowest BCUT2D eigenvalue weighted by molar-refractivity contribution is 1.07. The Labute approximate surface area is 366 Å². The Bertz CT molecular complexity index is 3950. The van der Waals surface area contributed by atoms with Crippen LogP contribution in [0.25, 0.3) is 123 Å². The Kier molecular flexibility index (Phi) is 8.04. The summed E-state index contributed by atoms with van der Waals surface area (Å²) in [6.45, 7) is 0. The molecule has 8 nitrogen and oxygen atoms in total. The van der Waals surface area contributed by atoms with E-state index in [1.165, 1.54) is 0 Å². The van der Waals surface area contributed by atoms with Crippen LogP contribution in [0.1, 0.15) is 0 Å². The monoisotopic (exact) mass is 818 g/mol. The van der Waals surface area contributed by atoms with Crippen molar-refractivity contribution in [3.8, 4) is 57.1 Å². The van der Waals surface area contributed by atoms with Crippen LogP contribution >= 0.6 is 0 Å². The number of fused-ring (bicyclic) bond motifs is 8. The summed E-state index contributed by atoms with van der Waals surface area (Å²) < 4.78 is 4.58. The Morgan fingerprint density at radius 2 is 0.750 bits per heavy atom. The van der Waals surface area contributed by atoms with Gasteiger partial charge in [0.25, 0.3) is 0 Å². The lowest BCUT2D eigenvalue weighted by Crippen LogP contribution is -2.04. The summed E-state index contributed by atoms with van der Waals surface area (Å²) >= 11 is 0. The van der Waals surface area contributed by atoms with Gasteiger partial charge in [0, 0.05) is 49.4 Å². The first-order valence-corrected chi connectivity index (χ1v) is 21.3. The number of para-hydroxylation sites is 5. The molecule has 13 aromatic rings. The minimum absolute atomic E-state index is 0.370. The number of benzene rings is 8. The smallest absolute Gasteiger partial charge is 0.200 e. The standard InChI is InChI=1S/C56H34N8/c1-4-18-35(19-5-1)50-40-25-10-14-28-44(40)57-53(59-50)52-49-42-27-13-17-31-47(42)64(38-32-33-48-43(34-38)39-24-12-16-30-46(39)63(48)37-22-8-3-9-23-37)56(49)62-55(61-52)54-58-45-29-15-11-26-41(45)51(60-54)36-20-6-2-7-21-36/h1-34H. The number of nitrogens with zero attached hydrogens (tertiary/aromatic N) is 8. The molecule has 8 aromatic carbocycles. The van der Waals surface area contributed by atoms with Crippen LogP contribution < -0.4 is 0 Å². The van der Waals surface area contributed by atoms with Crippen molar-refractivity contribution < 1.29 is 0 Å². The molecular weight excluding hydrogens is 785 g/mol. The van der Waals surface area contributed by atoms with Crippen molar-refractivity contribution in [3.63, 3.8) is 0 Å². The Hall–Kier alpha value is -8.88. The second-order valence-electron chi connectivity index (χ2n) is 15.9. The van der Waals surface area contributed by atoms with E-state index in [1.54, 1.807) is 0 Å². The van der Waals surface area contributed by atoms with E-state index in [-0.39, 0.29) is 0 Å². The fraction of sp³-hybridized carbons (Fsp3) is 0. The van der Waals surface area contributed by atoms with Crippen molar-refractivity contribution in [3.05, 3.63) is 206 Å². The molecule has 0 radical (unpaired) electrons. The summed E-state index contributed by atoms with van der Waals surface area (Å²) in [6, 6.07) is 71.0. The topological polar surface area (TPSA) is 87.2 Å². The third-order valence-corrected chi connectivity index (χ3v) is 12.2. The summed E-state index contributed by atoms with van der Waals surface area (Å²) in [6.07, 6.45) is 0. The van der Waals surface area contributed by atoms with E-state index in [9.17, 15) is 0 Å². The minimum Gasteiger partial charge on any atom is -0.309 e. The van der Waals surface area contributed by atoms with Crippen molar-refractivity contribution in [2.24, 2.45) is 0 Å². The SMILES string of the molecule is c1ccc(-c2nc(-c3nc(-c4nc(-c5ccccc5)c5ccccc5n4)c4c5ccccc5n(-c5ccc6c(c5)c5ccccc5n6-c5ccccc5)c4n3)nc3ccccc23)cc1. The van der Waals surface area contributed by atoms with Gasteiger partial charge in [-0.25, -0.2) is 29.9 Å². The molecule has 0 spiro atoms. The van der Waals surface area contributed by atoms with Gasteiger partial charge >= 0.3 is 0 Å². The van der Waals surface area contributed by atoms with Crippen molar-refractivity contribution in [2.75, 3.05) is 0 Å². The number of aromatic nitrogens is 8. The molecule has 13 rings (SSSR count). The van der Waals surface area contributed by atoms with Crippen molar-refractivity contribution in [1.29, 1.82) is 0 Å². The molecule has 0 aliphatic heterocycles. The highest BCUT2D eigenvalue weighted by Gasteiger charge is 2.25. The molecular formula is C56H34N8. The molecule has 0 fully saturated rings. The molecule has 298 valence electrons. The quantitative estimate of drug-likeness (QED) is 0.166. The molecule has 0 saturated carbocycles. The van der Waals surface area contributed by atoms with E-state index >= 15 is 0 Å². The average Bonchev–Trinajstić information content (AvgIpc) is 3.88. The van der Waals surface area contributed by atoms with Gasteiger partial charge in [-0.05, 0) is 54.6 Å². The highest BCUT2D eigenvalue weighted by Crippen LogP contribution is 2.41. The Balaban J connectivity index is 1.14. The van der Waals surface area contributed by atoms with Gasteiger partial charge in [-0.2, -0.15) is 0 Å². The first-order chi connectivity index (χ1) is 31.7. The molecule has 5 heterocycles. The summed E-state index contributed by atoms with van der Waals surface area (Å²) in [7, 11) is 0. The minimum atomic E-state index is 0.370. The van der Waals surface area contributed by atoms with Crippen LogP contribution in [0.2, 0.25) is 0 Å². The van der Waals surface area contributed by atoms with E-state index in [4.69, 9.17) is 29.9 Å². The molecule has 5 aromatic heterocycles. The Morgan fingerprint density at radius 1 is 0.281 bits per heavy atom. The second-order valence-corrected chi connectivity index (χ2v) is 15.9. The number of rotatable bonds is 6. The van der Waals surface area contributed by atoms with Crippen LogP contribution in [0, 0.1) is 0 Å². The highest BCUT2D eigenvalue weighted by atomic mass is 15.1. The van der Waals surface area contributed by atoms with Gasteiger partial charge in [0.2, 0.25) is 5.82 Å². The highest BCUT2D eigenvalue weighted by molar-refractivity contribution is 6.15. The second kappa shape index (κ2) is 14.4. The predicted octanol–water partition coefficient (Wildman–Crippen LogP) is 13.2. The summed E-state index contributed by atoms with van der Waals surface area (Å²) in [5.74, 6) is 1.26. The Morgan fingerprint density at radius 3 is 1.41 bits per heavy atom. The van der Waals surface area contributed by atoms with E-state index < -0.39 is 0 Å². The lowest BCUT2D eigenvalue weighted by atomic mass is 10.1. The maximum Gasteiger partial charge on any atom is 0.200 e. The first kappa shape index (κ1) is 35.8. The van der Waals surface area contributed by atoms with Crippen molar-refractivity contribution in [2.45, 2.75) is 0 Å². The van der Waals surface area contributed by atoms with Crippen LogP contribution in [0.15, 0.2) is 206 Å². The lowest BCUT2D eigenvalue weighted by Gasteiger charge is -2.13. The number of hydrogen-bond donors (Lipinski definition) is 0. The molecule has 0 N–H and O–H groups in total. The normalized spacial score (nSPS) is 11.8. The summed E-state index contributed by atoms with van der Waals surface area (Å²) in [5, 5.41) is 6.02. The zero-order chi connectivity index (χ0) is 42.1. The van der Waals surface area contributed by atoms with Gasteiger partial charge in [-0.15, -0.1) is 0 Å². The van der Waals surface area contributed by atoms with Crippen LogP contribution in [0.4, 0.5) is 0 Å². The largest absolute Gasteiger partial charge is 0.309 e. The average molecular weight is 819 g/mol. The van der Waals surface area contributed by atoms with Crippen molar-refractivity contribution in [1.82, 2.24) is 39.0 Å². The first-order valence-electron chi connectivity index (χ1n) is 21.3. The molecule has 0 unspecified atom stereocenters. The maximum absolute atomic E-state index is 5.49. The van der Waals surface area contributed by atoms with Gasteiger partial charge in [0.15, 0.2) is 17.3 Å². The molecule has 0 atom stereocenters. The molecule has 0 aliphatic rings. The van der Waals surface area contributed by atoms with Crippen LogP contribution in [0.5, 0.6) is 0 Å². The van der Waals surface area contributed by atoms with Crippen LogP contribution in [-0.4, -0.2) is 39.0 Å². The van der Waals surface area contributed by atoms with Gasteiger partial charge in [-0.3, -0.25) is 4.57 Å². The van der Waals surface area contributed by atoms with E-state index in [1.807, 2.05) is 72.8 Å². The molecule has 0 bridgehead atoms. The molecule has 64 heavy (non-hydrogen) atoms. The number of hydrogen-bond acceptors (Lipinski definition) is 6. The molecule has 0 amide bonds. The van der Waals surface area contributed by atoms with Gasteiger partial charge in [0.1, 0.15) is 5.69 Å². The van der Waals surface area contributed by atoms with E-state index in [0.29, 0.717) is 28.8 Å². The van der Waals surface area contributed by atoms with Crippen molar-refractivity contribution >= 4 is 65.5 Å². The maximum atomic E-state index is 5.49. The molecule has 8 heteroatoms. The fourth-order valence-corrected chi connectivity index (χ4v) is 9.32. The third-order valence-electron chi connectivity index (χ3n) is 12.2. The van der Waals surface area contributed by atoms with Crippen LogP contribution in [0.3, 0.4) is 0 Å². The zero-order valence-electron chi connectivity index (χ0n) is 34.2. The predicted molar refractivity (Wildman–Crippen MR) is 259 cm³/mol. The van der Waals surface area contributed by atoms with Gasteiger partial charge < -0.3 is 4.57 Å². The van der Waals surface area contributed by atoms with E-state index in [0.717, 1.165) is 93.8 Å². The molecule has 0 saturated heterocycles. The summed E-state index contributed by atoms with van der Waals surface area (Å²) in [4.78, 5) is 32.0. The fourth-order valence-electron chi connectivity index (χ4n) is 9.32. The van der Waals surface area contributed by atoms with E-state index in [2.05, 4.69) is 143 Å². The van der Waals surface area contributed by atoms with Crippen LogP contribution in [-0.2, 0) is 0 Å². The zero-order valence-corrected chi connectivity index (χ0v) is 34.2. The van der Waals surface area contributed by atoms with Gasteiger partial charge in [-0.1, -0.05) is 152 Å². The third kappa shape index (κ3) is 5.63. The summed E-state index contributed by atoms with van der Waals surface area (Å²) in [5.41, 5.74) is 11.8.